The second-order valence-electron chi connectivity index (χ2n) is 6.41. The molecule has 9 heteroatoms. The van der Waals surface area contributed by atoms with Crippen molar-refractivity contribution >= 4 is 5.91 Å². The van der Waals surface area contributed by atoms with Crippen LogP contribution in [-0.4, -0.2) is 39.7 Å². The van der Waals surface area contributed by atoms with Crippen LogP contribution in [0.25, 0.3) is 0 Å². The summed E-state index contributed by atoms with van der Waals surface area (Å²) in [5.74, 6) is -0.758. The molecule has 2 N–H and O–H groups in total. The first-order valence-electron chi connectivity index (χ1n) is 8.88. The molecule has 1 atom stereocenters. The summed E-state index contributed by atoms with van der Waals surface area (Å²) in [6.45, 7) is -1.47. The lowest BCUT2D eigenvalue weighted by Crippen LogP contribution is -2.38. The van der Waals surface area contributed by atoms with Gasteiger partial charge in [0.05, 0.1) is 6.33 Å². The normalized spacial score (nSPS) is 12.4. The Morgan fingerprint density at radius 1 is 1.10 bits per heavy atom. The maximum absolute atomic E-state index is 12.6. The number of carbonyl (C=O) groups excluding carboxylic acids is 1. The van der Waals surface area contributed by atoms with Crippen molar-refractivity contribution in [1.29, 1.82) is 0 Å². The second-order valence-corrected chi connectivity index (χ2v) is 6.41. The van der Waals surface area contributed by atoms with Gasteiger partial charge in [-0.05, 0) is 18.1 Å². The molecule has 0 spiro atoms. The third-order valence-corrected chi connectivity index (χ3v) is 4.02. The summed E-state index contributed by atoms with van der Waals surface area (Å²) >= 11 is 0. The highest BCUT2D eigenvalue weighted by Crippen LogP contribution is 2.17. The van der Waals surface area contributed by atoms with Crippen molar-refractivity contribution in [3.05, 3.63) is 78.0 Å². The van der Waals surface area contributed by atoms with Gasteiger partial charge in [0.15, 0.2) is 6.61 Å². The van der Waals surface area contributed by atoms with Crippen LogP contribution in [0.2, 0.25) is 0 Å². The Labute approximate surface area is 165 Å². The number of carbonyl (C=O) groups is 1. The molecule has 3 aromatic rings. The molecule has 1 amide bonds. The molecular weight excluding hydrogens is 385 g/mol. The topological polar surface area (TPSA) is 79.9 Å². The maximum Gasteiger partial charge on any atom is 0.422 e. The van der Waals surface area contributed by atoms with Gasteiger partial charge in [-0.3, -0.25) is 4.79 Å². The zero-order valence-corrected chi connectivity index (χ0v) is 15.3. The van der Waals surface area contributed by atoms with Crippen molar-refractivity contribution < 1.29 is 22.7 Å². The summed E-state index contributed by atoms with van der Waals surface area (Å²) in [5, 5.41) is 2.89. The monoisotopic (exact) mass is 404 g/mol. The number of nitrogens with zero attached hydrogens (tertiary/aromatic N) is 2. The maximum atomic E-state index is 12.6. The van der Waals surface area contributed by atoms with Crippen LogP contribution >= 0.6 is 0 Å². The summed E-state index contributed by atoms with van der Waals surface area (Å²) < 4.78 is 41.6. The minimum absolute atomic E-state index is 0.0210. The molecule has 0 aliphatic heterocycles. The van der Waals surface area contributed by atoms with Crippen LogP contribution in [0.1, 0.15) is 21.7 Å². The molecule has 152 valence electrons. The number of hydrogen-bond acceptors (Lipinski definition) is 4. The number of amides is 1. The molecule has 1 aromatic carbocycles. The van der Waals surface area contributed by atoms with Crippen molar-refractivity contribution in [2.24, 2.45) is 0 Å². The van der Waals surface area contributed by atoms with Crippen molar-refractivity contribution in [3.63, 3.8) is 0 Å². The van der Waals surface area contributed by atoms with E-state index in [0.29, 0.717) is 12.8 Å². The zero-order chi connectivity index (χ0) is 20.7. The summed E-state index contributed by atoms with van der Waals surface area (Å²) in [7, 11) is 0. The number of pyridine rings is 1. The van der Waals surface area contributed by atoms with Gasteiger partial charge in [-0.15, -0.1) is 0 Å². The summed E-state index contributed by atoms with van der Waals surface area (Å²) in [5.41, 5.74) is 1.86. The fourth-order valence-corrected chi connectivity index (χ4v) is 2.77. The van der Waals surface area contributed by atoms with Crippen molar-refractivity contribution in [2.75, 3.05) is 6.61 Å². The molecule has 0 radical (unpaired) electrons. The number of hydrogen-bond donors (Lipinski definition) is 2. The van der Waals surface area contributed by atoms with Crippen LogP contribution in [0.4, 0.5) is 13.2 Å². The zero-order valence-electron chi connectivity index (χ0n) is 15.3. The SMILES string of the molecule is O=C(N[C@H](Cc1ccccc1)Cc1cnc[nH]1)c1cccc(OCC(F)(F)F)n1. The van der Waals surface area contributed by atoms with Crippen LogP contribution in [-0.2, 0) is 12.8 Å². The van der Waals surface area contributed by atoms with Crippen LogP contribution in [0, 0.1) is 0 Å². The summed E-state index contributed by atoms with van der Waals surface area (Å²) in [6, 6.07) is 13.5. The van der Waals surface area contributed by atoms with E-state index in [-0.39, 0.29) is 17.6 Å². The van der Waals surface area contributed by atoms with E-state index in [1.165, 1.54) is 18.2 Å². The van der Waals surface area contributed by atoms with Gasteiger partial charge in [-0.2, -0.15) is 13.2 Å². The van der Waals surface area contributed by atoms with Gasteiger partial charge in [0, 0.05) is 30.4 Å². The smallest absolute Gasteiger partial charge is 0.422 e. The van der Waals surface area contributed by atoms with E-state index < -0.39 is 18.7 Å². The standard InChI is InChI=1S/C20H19F3N4O2/c21-20(22,23)12-29-18-8-4-7-17(27-18)19(28)26-15(10-16-11-24-13-25-16)9-14-5-2-1-3-6-14/h1-8,11,13,15H,9-10,12H2,(H,24,25)(H,26,28)/t15-/m1/s1. The molecule has 0 saturated carbocycles. The Hall–Kier alpha value is -3.36. The lowest BCUT2D eigenvalue weighted by atomic mass is 10.0. The summed E-state index contributed by atoms with van der Waals surface area (Å²) in [4.78, 5) is 23.5. The van der Waals surface area contributed by atoms with E-state index >= 15 is 0 Å². The van der Waals surface area contributed by atoms with Gasteiger partial charge in [0.2, 0.25) is 5.88 Å². The van der Waals surface area contributed by atoms with Crippen LogP contribution in [0.5, 0.6) is 5.88 Å². The molecule has 0 saturated heterocycles. The minimum Gasteiger partial charge on any atom is -0.468 e. The molecule has 29 heavy (non-hydrogen) atoms. The first-order valence-corrected chi connectivity index (χ1v) is 8.88. The Kier molecular flexibility index (Phi) is 6.48. The Morgan fingerprint density at radius 3 is 2.59 bits per heavy atom. The molecule has 0 bridgehead atoms. The molecule has 0 fully saturated rings. The van der Waals surface area contributed by atoms with E-state index in [1.54, 1.807) is 12.5 Å². The van der Waals surface area contributed by atoms with Crippen LogP contribution < -0.4 is 10.1 Å². The molecule has 0 aliphatic rings. The largest absolute Gasteiger partial charge is 0.468 e. The van der Waals surface area contributed by atoms with Gasteiger partial charge in [0.1, 0.15) is 5.69 Å². The van der Waals surface area contributed by atoms with Gasteiger partial charge >= 0.3 is 6.18 Å². The van der Waals surface area contributed by atoms with E-state index in [9.17, 15) is 18.0 Å². The van der Waals surface area contributed by atoms with Gasteiger partial charge < -0.3 is 15.0 Å². The van der Waals surface area contributed by atoms with E-state index in [1.807, 2.05) is 30.3 Å². The molecule has 2 heterocycles. The highest BCUT2D eigenvalue weighted by atomic mass is 19.4. The third-order valence-electron chi connectivity index (χ3n) is 4.02. The van der Waals surface area contributed by atoms with Gasteiger partial charge in [-0.1, -0.05) is 36.4 Å². The number of imidazole rings is 1. The first kappa shape index (κ1) is 20.4. The highest BCUT2D eigenvalue weighted by Gasteiger charge is 2.28. The van der Waals surface area contributed by atoms with Crippen molar-refractivity contribution in [1.82, 2.24) is 20.3 Å². The molecule has 2 aromatic heterocycles. The highest BCUT2D eigenvalue weighted by molar-refractivity contribution is 5.92. The average molecular weight is 404 g/mol. The predicted molar refractivity (Wildman–Crippen MR) is 99.5 cm³/mol. The first-order chi connectivity index (χ1) is 13.9. The Morgan fingerprint density at radius 2 is 1.90 bits per heavy atom. The fraction of sp³-hybridized carbons (Fsp3) is 0.250. The quantitative estimate of drug-likeness (QED) is 0.604. The number of aromatic amines is 1. The van der Waals surface area contributed by atoms with Crippen LogP contribution in [0.3, 0.4) is 0 Å². The number of rotatable bonds is 8. The summed E-state index contributed by atoms with van der Waals surface area (Å²) in [6.07, 6.45) is -0.181. The number of ether oxygens (including phenoxy) is 1. The number of benzene rings is 1. The van der Waals surface area contributed by atoms with E-state index in [4.69, 9.17) is 0 Å². The van der Waals surface area contributed by atoms with Crippen LogP contribution in [0.15, 0.2) is 61.1 Å². The Bertz CT molecular complexity index is 915. The number of nitrogens with one attached hydrogen (secondary N) is 2. The van der Waals surface area contributed by atoms with Gasteiger partial charge in [-0.25, -0.2) is 9.97 Å². The Balaban J connectivity index is 1.70. The lowest BCUT2D eigenvalue weighted by Gasteiger charge is -2.18. The molecular formula is C20H19F3N4O2. The number of halogens is 3. The molecule has 0 aliphatic carbocycles. The van der Waals surface area contributed by atoms with E-state index in [2.05, 4.69) is 25.0 Å². The number of alkyl halides is 3. The molecule has 0 unspecified atom stereocenters. The van der Waals surface area contributed by atoms with Crippen molar-refractivity contribution in [3.8, 4) is 5.88 Å². The average Bonchev–Trinajstić information content (AvgIpc) is 3.20. The number of H-pyrrole nitrogens is 1. The second kappa shape index (κ2) is 9.22. The van der Waals surface area contributed by atoms with Gasteiger partial charge in [0.25, 0.3) is 5.91 Å². The molecule has 3 rings (SSSR count). The third kappa shape index (κ3) is 6.63. The molecule has 6 nitrogen and oxygen atoms in total. The fourth-order valence-electron chi connectivity index (χ4n) is 2.77. The van der Waals surface area contributed by atoms with Crippen molar-refractivity contribution in [2.45, 2.75) is 25.1 Å². The number of aromatic nitrogens is 3. The van der Waals surface area contributed by atoms with E-state index in [0.717, 1.165) is 11.3 Å². The predicted octanol–water partition coefficient (Wildman–Crippen LogP) is 3.33. The minimum atomic E-state index is -4.48. The lowest BCUT2D eigenvalue weighted by molar-refractivity contribution is -0.154.